The lowest BCUT2D eigenvalue weighted by Crippen LogP contribution is -2.31. The molecule has 2 heteroatoms. The number of hydrogen-bond donors (Lipinski definition) is 0. The first-order valence-electron chi connectivity index (χ1n) is 14.6. The Morgan fingerprint density at radius 3 is 1.30 bits per heavy atom. The Labute approximate surface area is 228 Å². The molecular weight excluding hydrogens is 448 g/mol. The van der Waals surface area contributed by atoms with Gasteiger partial charge in [-0.1, -0.05) is 114 Å². The van der Waals surface area contributed by atoms with Crippen molar-refractivity contribution in [2.45, 2.75) is 84.5 Å². The fourth-order valence-electron chi connectivity index (χ4n) is 4.96. The van der Waals surface area contributed by atoms with Crippen LogP contribution >= 0.6 is 0 Å². The second kappa shape index (κ2) is 14.1. The van der Waals surface area contributed by atoms with Crippen LogP contribution in [0.3, 0.4) is 0 Å². The monoisotopic (exact) mass is 500 g/mol. The molecular formula is C35H52N2. The number of allylic oxidation sites excluding steroid dienone is 2. The zero-order valence-corrected chi connectivity index (χ0v) is 24.6. The molecule has 1 saturated heterocycles. The van der Waals surface area contributed by atoms with Crippen molar-refractivity contribution in [3.8, 4) is 0 Å². The van der Waals surface area contributed by atoms with E-state index in [4.69, 9.17) is 0 Å². The molecule has 2 aromatic rings. The van der Waals surface area contributed by atoms with E-state index < -0.39 is 0 Å². The van der Waals surface area contributed by atoms with Crippen LogP contribution in [0.5, 0.6) is 0 Å². The van der Waals surface area contributed by atoms with Gasteiger partial charge in [-0.05, 0) is 91.4 Å². The van der Waals surface area contributed by atoms with Gasteiger partial charge in [0.2, 0.25) is 0 Å². The van der Waals surface area contributed by atoms with E-state index in [9.17, 15) is 0 Å². The molecule has 1 aliphatic heterocycles. The zero-order chi connectivity index (χ0) is 26.7. The van der Waals surface area contributed by atoms with Gasteiger partial charge in [0.15, 0.2) is 0 Å². The van der Waals surface area contributed by atoms with Gasteiger partial charge in [-0.15, -0.1) is 0 Å². The minimum absolute atomic E-state index is 0.224. The molecule has 1 fully saturated rings. The Hall–Kier alpha value is -2.16. The minimum Gasteiger partial charge on any atom is -0.302 e. The zero-order valence-electron chi connectivity index (χ0n) is 24.6. The summed E-state index contributed by atoms with van der Waals surface area (Å²) in [6.45, 7) is 21.0. The van der Waals surface area contributed by atoms with Crippen LogP contribution < -0.4 is 0 Å². The molecule has 1 heterocycles. The van der Waals surface area contributed by atoms with E-state index >= 15 is 0 Å². The highest BCUT2D eigenvalue weighted by Crippen LogP contribution is 2.23. The second-order valence-electron chi connectivity index (χ2n) is 12.9. The van der Waals surface area contributed by atoms with Crippen molar-refractivity contribution in [2.24, 2.45) is 0 Å². The number of hydrogen-bond acceptors (Lipinski definition) is 2. The third-order valence-corrected chi connectivity index (χ3v) is 7.55. The molecule has 1 aliphatic rings. The quantitative estimate of drug-likeness (QED) is 0.301. The molecule has 0 bridgehead atoms. The fraction of sp³-hybridized carbons (Fsp3) is 0.543. The molecule has 0 N–H and O–H groups in total. The minimum atomic E-state index is 0.224. The van der Waals surface area contributed by atoms with E-state index in [0.29, 0.717) is 0 Å². The highest BCUT2D eigenvalue weighted by molar-refractivity contribution is 5.50. The third kappa shape index (κ3) is 10.6. The van der Waals surface area contributed by atoms with E-state index in [1.807, 2.05) is 0 Å². The fourth-order valence-corrected chi connectivity index (χ4v) is 4.96. The molecule has 0 atom stereocenters. The predicted octanol–water partition coefficient (Wildman–Crippen LogP) is 8.58. The Morgan fingerprint density at radius 2 is 0.946 bits per heavy atom. The lowest BCUT2D eigenvalue weighted by molar-refractivity contribution is 0.254. The highest BCUT2D eigenvalue weighted by Gasteiger charge is 2.15. The van der Waals surface area contributed by atoms with E-state index in [2.05, 4.69) is 124 Å². The number of rotatable bonds is 10. The number of benzene rings is 2. The molecule has 0 aliphatic carbocycles. The van der Waals surface area contributed by atoms with Crippen LogP contribution in [-0.4, -0.2) is 49.1 Å². The molecule has 37 heavy (non-hydrogen) atoms. The van der Waals surface area contributed by atoms with E-state index in [0.717, 1.165) is 12.8 Å². The largest absolute Gasteiger partial charge is 0.302 e. The number of unbranched alkanes of at least 4 members (excludes halogenated alkanes) is 2. The smallest absolute Gasteiger partial charge is 0.0109 e. The van der Waals surface area contributed by atoms with Crippen LogP contribution in [0.25, 0.3) is 12.2 Å². The summed E-state index contributed by atoms with van der Waals surface area (Å²) in [4.78, 5) is 5.35. The number of nitrogens with zero attached hydrogens (tertiary/aromatic N) is 2. The average molecular weight is 501 g/mol. The maximum absolute atomic E-state index is 2.67. The molecule has 0 spiro atoms. The lowest BCUT2D eigenvalue weighted by Gasteiger charge is -2.21. The summed E-state index contributed by atoms with van der Waals surface area (Å²) in [5, 5.41) is 0. The summed E-state index contributed by atoms with van der Waals surface area (Å²) >= 11 is 0. The van der Waals surface area contributed by atoms with Crippen molar-refractivity contribution in [1.82, 2.24) is 9.80 Å². The predicted molar refractivity (Wildman–Crippen MR) is 164 cm³/mol. The van der Waals surface area contributed by atoms with Crippen LogP contribution in [0, 0.1) is 0 Å². The average Bonchev–Trinajstić information content (AvgIpc) is 3.08. The topological polar surface area (TPSA) is 6.48 Å². The van der Waals surface area contributed by atoms with Crippen LogP contribution in [0.2, 0.25) is 0 Å². The van der Waals surface area contributed by atoms with Gasteiger partial charge in [0, 0.05) is 13.1 Å². The standard InChI is InChI=1S/C35H52N2/c1-34(2,3)32-20-16-30(17-21-32)14-9-7-11-24-36-26-13-27-37(29-28-36)25-12-8-10-15-31-18-22-33(23-19-31)35(4,5)6/h9-10,14-23H,7-8,11-13,24-29H2,1-6H3/b14-9+,15-10+. The van der Waals surface area contributed by atoms with E-state index in [-0.39, 0.29) is 10.8 Å². The molecule has 0 amide bonds. The van der Waals surface area contributed by atoms with Gasteiger partial charge < -0.3 is 9.80 Å². The van der Waals surface area contributed by atoms with Gasteiger partial charge in [-0.3, -0.25) is 0 Å². The molecule has 202 valence electrons. The molecule has 0 unspecified atom stereocenters. The van der Waals surface area contributed by atoms with Crippen LogP contribution in [0.4, 0.5) is 0 Å². The van der Waals surface area contributed by atoms with Gasteiger partial charge in [-0.2, -0.15) is 0 Å². The van der Waals surface area contributed by atoms with Crippen molar-refractivity contribution in [3.63, 3.8) is 0 Å². The van der Waals surface area contributed by atoms with Crippen LogP contribution in [-0.2, 0) is 10.8 Å². The molecule has 3 rings (SSSR count). The van der Waals surface area contributed by atoms with Crippen molar-refractivity contribution in [1.29, 1.82) is 0 Å². The highest BCUT2D eigenvalue weighted by atomic mass is 15.2. The third-order valence-electron chi connectivity index (χ3n) is 7.55. The van der Waals surface area contributed by atoms with Gasteiger partial charge >= 0.3 is 0 Å². The summed E-state index contributed by atoms with van der Waals surface area (Å²) in [5.74, 6) is 0. The first-order valence-corrected chi connectivity index (χ1v) is 14.6. The summed E-state index contributed by atoms with van der Waals surface area (Å²) in [5.41, 5.74) is 5.87. The Kier molecular flexibility index (Phi) is 11.2. The van der Waals surface area contributed by atoms with Gasteiger partial charge in [0.1, 0.15) is 0 Å². The SMILES string of the molecule is CC(C)(C)c1ccc(/C=C/CCCN2CCCN(CCC/C=C/c3ccc(C(C)(C)C)cc3)CC2)cc1. The first kappa shape index (κ1) is 29.4. The summed E-state index contributed by atoms with van der Waals surface area (Å²) in [6, 6.07) is 18.1. The molecule has 0 aromatic heterocycles. The Bertz CT molecular complexity index is 886. The van der Waals surface area contributed by atoms with Gasteiger partial charge in [0.05, 0.1) is 0 Å². The molecule has 2 aromatic carbocycles. The van der Waals surface area contributed by atoms with Crippen molar-refractivity contribution in [3.05, 3.63) is 82.9 Å². The van der Waals surface area contributed by atoms with Crippen LogP contribution in [0.15, 0.2) is 60.7 Å². The Balaban J connectivity index is 1.28. The lowest BCUT2D eigenvalue weighted by atomic mass is 9.87. The summed E-state index contributed by atoms with van der Waals surface area (Å²) < 4.78 is 0. The van der Waals surface area contributed by atoms with Crippen molar-refractivity contribution >= 4 is 12.2 Å². The van der Waals surface area contributed by atoms with Gasteiger partial charge in [0.25, 0.3) is 0 Å². The van der Waals surface area contributed by atoms with Crippen LogP contribution in [0.1, 0.15) is 95.9 Å². The first-order chi connectivity index (χ1) is 17.6. The van der Waals surface area contributed by atoms with Gasteiger partial charge in [-0.25, -0.2) is 0 Å². The van der Waals surface area contributed by atoms with Crippen molar-refractivity contribution in [2.75, 3.05) is 39.3 Å². The maximum Gasteiger partial charge on any atom is 0.0109 e. The molecule has 2 nitrogen and oxygen atoms in total. The second-order valence-corrected chi connectivity index (χ2v) is 12.9. The molecule has 0 radical (unpaired) electrons. The summed E-state index contributed by atoms with van der Waals surface area (Å²) in [6.07, 6.45) is 15.4. The van der Waals surface area contributed by atoms with E-state index in [1.165, 1.54) is 80.8 Å². The summed E-state index contributed by atoms with van der Waals surface area (Å²) in [7, 11) is 0. The Morgan fingerprint density at radius 1 is 0.568 bits per heavy atom. The normalized spacial score (nSPS) is 16.6. The maximum atomic E-state index is 2.67. The van der Waals surface area contributed by atoms with Crippen molar-refractivity contribution < 1.29 is 0 Å². The molecule has 0 saturated carbocycles. The van der Waals surface area contributed by atoms with E-state index in [1.54, 1.807) is 0 Å².